The maximum Gasteiger partial charge on any atom is 0.328 e. The predicted molar refractivity (Wildman–Crippen MR) is 79.3 cm³/mol. The monoisotopic (exact) mass is 309 g/mol. The maximum absolute atomic E-state index is 10.4. The van der Waals surface area contributed by atoms with Crippen LogP contribution in [0.15, 0.2) is 30.5 Å². The Morgan fingerprint density at radius 2 is 2.35 bits per heavy atom. The molecular formula is C14H12ClNO3S. The van der Waals surface area contributed by atoms with Gasteiger partial charge in [0.15, 0.2) is 0 Å². The molecular weight excluding hydrogens is 298 g/mol. The molecule has 1 aromatic heterocycles. The average Bonchev–Trinajstić information content (AvgIpc) is 2.81. The zero-order valence-electron chi connectivity index (χ0n) is 10.7. The summed E-state index contributed by atoms with van der Waals surface area (Å²) in [5.74, 6) is -0.438. The van der Waals surface area contributed by atoms with Gasteiger partial charge >= 0.3 is 5.97 Å². The van der Waals surface area contributed by atoms with Crippen LogP contribution in [0.1, 0.15) is 15.4 Å². The number of aliphatic carboxylic acids is 1. The minimum Gasteiger partial charge on any atom is -0.486 e. The number of thiazole rings is 1. The summed E-state index contributed by atoms with van der Waals surface area (Å²) < 4.78 is 5.61. The first-order valence-corrected chi connectivity index (χ1v) is 6.98. The van der Waals surface area contributed by atoms with Gasteiger partial charge in [-0.1, -0.05) is 17.7 Å². The van der Waals surface area contributed by atoms with E-state index in [0.717, 1.165) is 16.0 Å². The molecule has 0 aliphatic rings. The van der Waals surface area contributed by atoms with E-state index in [2.05, 4.69) is 4.98 Å². The number of nitrogens with zero attached hydrogens (tertiary/aromatic N) is 1. The van der Waals surface area contributed by atoms with E-state index in [1.165, 1.54) is 6.08 Å². The molecule has 4 nitrogen and oxygen atoms in total. The molecule has 0 fully saturated rings. The lowest BCUT2D eigenvalue weighted by Crippen LogP contribution is -1.94. The SMILES string of the molecule is Cc1ncc(COc2ccc(C=CC(=O)O)cc2Cl)s1. The van der Waals surface area contributed by atoms with Gasteiger partial charge in [0.1, 0.15) is 12.4 Å². The number of ether oxygens (including phenoxy) is 1. The van der Waals surface area contributed by atoms with E-state index in [4.69, 9.17) is 21.4 Å². The van der Waals surface area contributed by atoms with Crippen molar-refractivity contribution in [2.45, 2.75) is 13.5 Å². The van der Waals surface area contributed by atoms with E-state index in [1.807, 2.05) is 6.92 Å². The molecule has 0 aliphatic heterocycles. The van der Waals surface area contributed by atoms with Gasteiger partial charge in [0.2, 0.25) is 0 Å². The van der Waals surface area contributed by atoms with Gasteiger partial charge in [-0.15, -0.1) is 11.3 Å². The average molecular weight is 310 g/mol. The highest BCUT2D eigenvalue weighted by Gasteiger charge is 2.04. The van der Waals surface area contributed by atoms with Gasteiger partial charge in [-0.2, -0.15) is 0 Å². The molecule has 1 aromatic carbocycles. The summed E-state index contributed by atoms with van der Waals surface area (Å²) in [5, 5.41) is 9.99. The van der Waals surface area contributed by atoms with E-state index in [9.17, 15) is 4.79 Å². The van der Waals surface area contributed by atoms with Crippen LogP contribution in [0.4, 0.5) is 0 Å². The molecule has 0 amide bonds. The van der Waals surface area contributed by atoms with Crippen molar-refractivity contribution in [3.63, 3.8) is 0 Å². The molecule has 0 atom stereocenters. The van der Waals surface area contributed by atoms with Crippen LogP contribution in [0.25, 0.3) is 6.08 Å². The molecule has 2 rings (SSSR count). The third-order valence-corrected chi connectivity index (χ3v) is 3.60. The Balaban J connectivity index is 2.04. The first-order valence-electron chi connectivity index (χ1n) is 5.79. The van der Waals surface area contributed by atoms with Crippen LogP contribution in [0.2, 0.25) is 5.02 Å². The summed E-state index contributed by atoms with van der Waals surface area (Å²) in [6.45, 7) is 2.35. The highest BCUT2D eigenvalue weighted by molar-refractivity contribution is 7.11. The summed E-state index contributed by atoms with van der Waals surface area (Å²) in [4.78, 5) is 15.6. The minimum absolute atomic E-state index is 0.412. The minimum atomic E-state index is -0.998. The van der Waals surface area contributed by atoms with E-state index < -0.39 is 5.97 Å². The summed E-state index contributed by atoms with van der Waals surface area (Å²) in [6.07, 6.45) is 4.31. The quantitative estimate of drug-likeness (QED) is 0.854. The van der Waals surface area contributed by atoms with Gasteiger partial charge in [0, 0.05) is 12.3 Å². The zero-order chi connectivity index (χ0) is 14.5. The van der Waals surface area contributed by atoms with E-state index in [1.54, 1.807) is 35.7 Å². The molecule has 6 heteroatoms. The molecule has 0 radical (unpaired) electrons. The van der Waals surface area contributed by atoms with E-state index >= 15 is 0 Å². The van der Waals surface area contributed by atoms with Gasteiger partial charge in [0.25, 0.3) is 0 Å². The van der Waals surface area contributed by atoms with Crippen LogP contribution in [-0.2, 0) is 11.4 Å². The fourth-order valence-corrected chi connectivity index (χ4v) is 2.48. The van der Waals surface area contributed by atoms with Crippen LogP contribution in [-0.4, -0.2) is 16.1 Å². The van der Waals surface area contributed by atoms with Crippen LogP contribution in [0, 0.1) is 6.92 Å². The Bertz CT molecular complexity index is 652. The number of hydrogen-bond donors (Lipinski definition) is 1. The molecule has 1 N–H and O–H groups in total. The third-order valence-electron chi connectivity index (χ3n) is 2.41. The van der Waals surface area contributed by atoms with Crippen molar-refractivity contribution in [3.8, 4) is 5.75 Å². The van der Waals surface area contributed by atoms with Crippen LogP contribution in [0.3, 0.4) is 0 Å². The lowest BCUT2D eigenvalue weighted by atomic mass is 10.2. The van der Waals surface area contributed by atoms with Gasteiger partial charge < -0.3 is 9.84 Å². The number of benzene rings is 1. The largest absolute Gasteiger partial charge is 0.486 e. The maximum atomic E-state index is 10.4. The Morgan fingerprint density at radius 1 is 1.55 bits per heavy atom. The van der Waals surface area contributed by atoms with Gasteiger partial charge in [-0.05, 0) is 30.7 Å². The summed E-state index contributed by atoms with van der Waals surface area (Å²) in [6, 6.07) is 5.13. The van der Waals surface area contributed by atoms with E-state index in [0.29, 0.717) is 22.9 Å². The second-order valence-corrected chi connectivity index (χ2v) is 5.72. The first kappa shape index (κ1) is 14.6. The normalized spacial score (nSPS) is 10.9. The van der Waals surface area contributed by atoms with Gasteiger partial charge in [-0.3, -0.25) is 0 Å². The number of carboxylic acids is 1. The molecule has 1 heterocycles. The molecule has 0 saturated carbocycles. The van der Waals surface area contributed by atoms with Crippen molar-refractivity contribution >= 4 is 35.0 Å². The zero-order valence-corrected chi connectivity index (χ0v) is 12.2. The molecule has 0 unspecified atom stereocenters. The van der Waals surface area contributed by atoms with Crippen molar-refractivity contribution in [1.29, 1.82) is 0 Å². The first-order chi connectivity index (χ1) is 9.54. The Morgan fingerprint density at radius 3 is 2.95 bits per heavy atom. The number of halogens is 1. The van der Waals surface area contributed by atoms with Crippen molar-refractivity contribution in [2.24, 2.45) is 0 Å². The lowest BCUT2D eigenvalue weighted by Gasteiger charge is -2.07. The molecule has 0 spiro atoms. The molecule has 2 aromatic rings. The number of hydrogen-bond acceptors (Lipinski definition) is 4. The highest BCUT2D eigenvalue weighted by Crippen LogP contribution is 2.27. The van der Waals surface area contributed by atoms with Crippen molar-refractivity contribution < 1.29 is 14.6 Å². The molecule has 0 saturated heterocycles. The van der Waals surface area contributed by atoms with Crippen molar-refractivity contribution in [2.75, 3.05) is 0 Å². The standard InChI is InChI=1S/C14H12ClNO3S/c1-9-16-7-11(20-9)8-19-13-4-2-10(6-12(13)15)3-5-14(17)18/h2-7H,8H2,1H3,(H,17,18). The smallest absolute Gasteiger partial charge is 0.328 e. The topological polar surface area (TPSA) is 59.4 Å². The number of carboxylic acid groups (broad SMARTS) is 1. The van der Waals surface area contributed by atoms with Gasteiger partial charge in [-0.25, -0.2) is 9.78 Å². The highest BCUT2D eigenvalue weighted by atomic mass is 35.5. The fraction of sp³-hybridized carbons (Fsp3) is 0.143. The summed E-state index contributed by atoms with van der Waals surface area (Å²) >= 11 is 7.67. The molecule has 0 aliphatic carbocycles. The Kier molecular flexibility index (Phi) is 4.76. The second kappa shape index (κ2) is 6.54. The molecule has 104 valence electrons. The Labute approximate surface area is 125 Å². The fourth-order valence-electron chi connectivity index (χ4n) is 1.53. The lowest BCUT2D eigenvalue weighted by molar-refractivity contribution is -0.131. The number of carbonyl (C=O) groups is 1. The predicted octanol–water partition coefficient (Wildman–Crippen LogP) is 3.78. The van der Waals surface area contributed by atoms with Gasteiger partial charge in [0.05, 0.1) is 14.9 Å². The van der Waals surface area contributed by atoms with Crippen molar-refractivity contribution in [3.05, 3.63) is 50.9 Å². The summed E-state index contributed by atoms with van der Waals surface area (Å²) in [7, 11) is 0. The molecule has 20 heavy (non-hydrogen) atoms. The van der Waals surface area contributed by atoms with Crippen LogP contribution < -0.4 is 4.74 Å². The van der Waals surface area contributed by atoms with E-state index in [-0.39, 0.29) is 0 Å². The second-order valence-electron chi connectivity index (χ2n) is 4.00. The number of aromatic nitrogens is 1. The summed E-state index contributed by atoms with van der Waals surface area (Å²) in [5.41, 5.74) is 0.707. The van der Waals surface area contributed by atoms with Crippen molar-refractivity contribution in [1.82, 2.24) is 4.98 Å². The number of rotatable bonds is 5. The third kappa shape index (κ3) is 4.08. The number of aryl methyl sites for hydroxylation is 1. The van der Waals surface area contributed by atoms with Crippen LogP contribution in [0.5, 0.6) is 5.75 Å². The Hall–Kier alpha value is -1.85. The molecule has 0 bridgehead atoms. The van der Waals surface area contributed by atoms with Crippen LogP contribution >= 0.6 is 22.9 Å².